The molecule has 3 nitrogen and oxygen atoms in total. The quantitative estimate of drug-likeness (QED) is 0.482. The van der Waals surface area contributed by atoms with Gasteiger partial charge < -0.3 is 0 Å². The van der Waals surface area contributed by atoms with E-state index in [1.165, 1.54) is 12.1 Å². The number of para-hydroxylation sites is 1. The van der Waals surface area contributed by atoms with Crippen molar-refractivity contribution in [2.24, 2.45) is 0 Å². The van der Waals surface area contributed by atoms with Crippen LogP contribution in [0.5, 0.6) is 0 Å². The van der Waals surface area contributed by atoms with Gasteiger partial charge in [-0.2, -0.15) is 0 Å². The lowest BCUT2D eigenvalue weighted by molar-refractivity contribution is 0.625. The van der Waals surface area contributed by atoms with E-state index in [4.69, 9.17) is 0 Å². The normalized spacial score (nSPS) is 12.5. The van der Waals surface area contributed by atoms with Crippen LogP contribution in [0.3, 0.4) is 0 Å². The number of nitrogens with zero attached hydrogens (tertiary/aromatic N) is 2. The topological polar surface area (TPSA) is 34.9 Å². The van der Waals surface area contributed by atoms with E-state index in [2.05, 4.69) is 4.98 Å². The van der Waals surface area contributed by atoms with Crippen molar-refractivity contribution in [1.82, 2.24) is 9.55 Å². The largest absolute Gasteiger partial charge is 0.288 e. The van der Waals surface area contributed by atoms with Gasteiger partial charge in [-0.25, -0.2) is 9.37 Å². The summed E-state index contributed by atoms with van der Waals surface area (Å²) in [5.41, 5.74) is 2.25. The average Bonchev–Trinajstić information content (AvgIpc) is 2.77. The molecule has 0 atom stereocenters. The van der Waals surface area contributed by atoms with Crippen LogP contribution in [0.4, 0.5) is 4.39 Å². The number of aromatic nitrogens is 2. The molecule has 1 aromatic heterocycles. The van der Waals surface area contributed by atoms with Crippen molar-refractivity contribution in [2.75, 3.05) is 0 Å². The molecule has 4 heteroatoms. The first-order chi connectivity index (χ1) is 9.24. The summed E-state index contributed by atoms with van der Waals surface area (Å²) in [6.07, 6.45) is 0. The minimum absolute atomic E-state index is 0.0720. The molecule has 19 heavy (non-hydrogen) atoms. The van der Waals surface area contributed by atoms with E-state index in [1.807, 2.05) is 18.2 Å². The monoisotopic (exact) mass is 252 g/mol. The van der Waals surface area contributed by atoms with E-state index in [1.54, 1.807) is 16.7 Å². The Labute approximate surface area is 108 Å². The predicted octanol–water partition coefficient (Wildman–Crippen LogP) is 2.56. The maximum atomic E-state index is 13.3. The zero-order chi connectivity index (χ0) is 13.0. The SMILES string of the molecule is O=c1c2ccccc2nc2n1Cc1cc(F)ccc1-2. The van der Waals surface area contributed by atoms with Crippen molar-refractivity contribution in [2.45, 2.75) is 6.54 Å². The number of hydrogen-bond donors (Lipinski definition) is 0. The zero-order valence-corrected chi connectivity index (χ0v) is 9.93. The molecular weight excluding hydrogens is 243 g/mol. The van der Waals surface area contributed by atoms with Crippen LogP contribution in [0.15, 0.2) is 47.3 Å². The van der Waals surface area contributed by atoms with Gasteiger partial charge in [0.25, 0.3) is 5.56 Å². The van der Waals surface area contributed by atoms with Crippen molar-refractivity contribution in [1.29, 1.82) is 0 Å². The van der Waals surface area contributed by atoms with Gasteiger partial charge in [-0.15, -0.1) is 0 Å². The highest BCUT2D eigenvalue weighted by atomic mass is 19.1. The molecular formula is C15H9FN2O. The smallest absolute Gasteiger partial charge is 0.261 e. The van der Waals surface area contributed by atoms with Gasteiger partial charge in [0.1, 0.15) is 11.6 Å². The first kappa shape index (κ1) is 10.4. The summed E-state index contributed by atoms with van der Waals surface area (Å²) in [7, 11) is 0. The van der Waals surface area contributed by atoms with Crippen LogP contribution in [0.2, 0.25) is 0 Å². The number of hydrogen-bond acceptors (Lipinski definition) is 2. The fourth-order valence-electron chi connectivity index (χ4n) is 2.60. The minimum atomic E-state index is -0.288. The van der Waals surface area contributed by atoms with Crippen molar-refractivity contribution in [3.63, 3.8) is 0 Å². The van der Waals surface area contributed by atoms with Gasteiger partial charge >= 0.3 is 0 Å². The second-order valence-corrected chi connectivity index (χ2v) is 4.65. The summed E-state index contributed by atoms with van der Waals surface area (Å²) in [6.45, 7) is 0.388. The summed E-state index contributed by atoms with van der Waals surface area (Å²) in [5, 5.41) is 0.597. The van der Waals surface area contributed by atoms with Crippen LogP contribution in [-0.2, 0) is 6.54 Å². The summed E-state index contributed by atoms with van der Waals surface area (Å²) in [4.78, 5) is 16.9. The minimum Gasteiger partial charge on any atom is -0.288 e. The molecule has 4 rings (SSSR count). The predicted molar refractivity (Wildman–Crippen MR) is 70.5 cm³/mol. The van der Waals surface area contributed by atoms with Crippen LogP contribution < -0.4 is 5.56 Å². The van der Waals surface area contributed by atoms with Gasteiger partial charge in [0.15, 0.2) is 0 Å². The van der Waals surface area contributed by atoms with E-state index < -0.39 is 0 Å². The Hall–Kier alpha value is -2.49. The van der Waals surface area contributed by atoms with E-state index in [0.717, 1.165) is 11.1 Å². The highest BCUT2D eigenvalue weighted by Crippen LogP contribution is 2.30. The molecule has 3 aromatic rings. The first-order valence-electron chi connectivity index (χ1n) is 6.02. The highest BCUT2D eigenvalue weighted by Gasteiger charge is 2.22. The van der Waals surface area contributed by atoms with Gasteiger partial charge in [0.2, 0.25) is 0 Å². The van der Waals surface area contributed by atoms with Gasteiger partial charge in [0, 0.05) is 5.56 Å². The lowest BCUT2D eigenvalue weighted by Gasteiger charge is -2.04. The van der Waals surface area contributed by atoms with Gasteiger partial charge in [-0.1, -0.05) is 12.1 Å². The van der Waals surface area contributed by atoms with Crippen LogP contribution in [0.25, 0.3) is 22.3 Å². The Balaban J connectivity index is 2.11. The third-order valence-electron chi connectivity index (χ3n) is 3.50. The van der Waals surface area contributed by atoms with Crippen molar-refractivity contribution < 1.29 is 4.39 Å². The second-order valence-electron chi connectivity index (χ2n) is 4.65. The molecule has 0 fully saturated rings. The molecule has 0 unspecified atom stereocenters. The fraction of sp³-hybridized carbons (Fsp3) is 0.0667. The van der Waals surface area contributed by atoms with Crippen molar-refractivity contribution in [3.05, 3.63) is 64.2 Å². The molecule has 0 amide bonds. The van der Waals surface area contributed by atoms with E-state index >= 15 is 0 Å². The van der Waals surface area contributed by atoms with Gasteiger partial charge in [0.05, 0.1) is 17.4 Å². The Morgan fingerprint density at radius 1 is 1.16 bits per heavy atom. The van der Waals surface area contributed by atoms with E-state index in [-0.39, 0.29) is 11.4 Å². The molecule has 0 radical (unpaired) electrons. The van der Waals surface area contributed by atoms with Crippen LogP contribution in [-0.4, -0.2) is 9.55 Å². The Morgan fingerprint density at radius 3 is 2.89 bits per heavy atom. The molecule has 2 aromatic carbocycles. The van der Waals surface area contributed by atoms with Gasteiger partial charge in [-0.3, -0.25) is 9.36 Å². The number of rotatable bonds is 0. The lowest BCUT2D eigenvalue weighted by Crippen LogP contribution is -2.20. The first-order valence-corrected chi connectivity index (χ1v) is 6.02. The molecule has 2 heterocycles. The molecule has 0 spiro atoms. The van der Waals surface area contributed by atoms with E-state index in [9.17, 15) is 9.18 Å². The average molecular weight is 252 g/mol. The molecule has 0 N–H and O–H groups in total. The molecule has 92 valence electrons. The van der Waals surface area contributed by atoms with Crippen LogP contribution in [0, 0.1) is 5.82 Å². The summed E-state index contributed by atoms with van der Waals surface area (Å²) in [6, 6.07) is 11.8. The molecule has 0 aliphatic carbocycles. The maximum Gasteiger partial charge on any atom is 0.261 e. The maximum absolute atomic E-state index is 13.3. The van der Waals surface area contributed by atoms with Crippen LogP contribution in [0.1, 0.15) is 5.56 Å². The number of halogens is 1. The van der Waals surface area contributed by atoms with Crippen molar-refractivity contribution >= 4 is 10.9 Å². The second kappa shape index (κ2) is 3.51. The Morgan fingerprint density at radius 2 is 2.00 bits per heavy atom. The molecule has 0 bridgehead atoms. The molecule has 0 saturated heterocycles. The Bertz CT molecular complexity index is 883. The Kier molecular flexibility index (Phi) is 1.93. The number of fused-ring (bicyclic) bond motifs is 4. The molecule has 0 saturated carbocycles. The fourth-order valence-corrected chi connectivity index (χ4v) is 2.60. The van der Waals surface area contributed by atoms with Crippen molar-refractivity contribution in [3.8, 4) is 11.4 Å². The highest BCUT2D eigenvalue weighted by molar-refractivity contribution is 5.81. The lowest BCUT2D eigenvalue weighted by atomic mass is 10.1. The third-order valence-corrected chi connectivity index (χ3v) is 3.50. The number of benzene rings is 2. The standard InChI is InChI=1S/C15H9FN2O/c16-10-5-6-11-9(7-10)8-18-14(11)17-13-4-2-1-3-12(13)15(18)19/h1-7H,8H2. The van der Waals surface area contributed by atoms with E-state index in [0.29, 0.717) is 23.3 Å². The van der Waals surface area contributed by atoms with Gasteiger partial charge in [-0.05, 0) is 35.9 Å². The summed E-state index contributed by atoms with van der Waals surface area (Å²) in [5.74, 6) is 0.336. The summed E-state index contributed by atoms with van der Waals surface area (Å²) >= 11 is 0. The summed E-state index contributed by atoms with van der Waals surface area (Å²) < 4.78 is 14.9. The molecule has 1 aliphatic heterocycles. The molecule has 1 aliphatic rings. The van der Waals surface area contributed by atoms with Crippen LogP contribution >= 0.6 is 0 Å². The zero-order valence-electron chi connectivity index (χ0n) is 9.93. The third kappa shape index (κ3) is 1.37.